The third kappa shape index (κ3) is 3.82. The van der Waals surface area contributed by atoms with Crippen LogP contribution in [0.2, 0.25) is 0 Å². The largest absolute Gasteiger partial charge is 0.353 e. The Labute approximate surface area is 140 Å². The number of anilines is 1. The monoisotopic (exact) mass is 322 g/mol. The molecular weight excluding hydrogens is 304 g/mol. The molecule has 24 heavy (non-hydrogen) atoms. The fraction of sp³-hybridized carbons (Fsp3) is 0.278. The Kier molecular flexibility index (Phi) is 4.34. The maximum atomic E-state index is 12.2. The molecular formula is C18H18N4O2. The average molecular weight is 322 g/mol. The Hall–Kier alpha value is -3.07. The van der Waals surface area contributed by atoms with E-state index in [1.165, 1.54) is 0 Å². The number of nitriles is 1. The standard InChI is InChI=1S/C18H18N4O2/c1-22-11-13(10-19)8-16(22)18(24)21-15-4-2-12(3-5-15)9-17(23)20-14-6-7-14/h2-5,8,11,14H,6-7,9H2,1H3,(H,20,23)(H,21,24). The van der Waals surface area contributed by atoms with Crippen LogP contribution in [-0.2, 0) is 18.3 Å². The van der Waals surface area contributed by atoms with Crippen LogP contribution in [0.3, 0.4) is 0 Å². The summed E-state index contributed by atoms with van der Waals surface area (Å²) in [5, 5.41) is 14.6. The molecule has 1 fully saturated rings. The van der Waals surface area contributed by atoms with E-state index in [2.05, 4.69) is 10.6 Å². The van der Waals surface area contributed by atoms with Gasteiger partial charge in [-0.25, -0.2) is 0 Å². The zero-order chi connectivity index (χ0) is 17.1. The molecule has 1 aliphatic carbocycles. The van der Waals surface area contributed by atoms with E-state index in [0.717, 1.165) is 18.4 Å². The van der Waals surface area contributed by atoms with Gasteiger partial charge in [0.2, 0.25) is 5.91 Å². The van der Waals surface area contributed by atoms with Gasteiger partial charge in [0.1, 0.15) is 11.8 Å². The smallest absolute Gasteiger partial charge is 0.272 e. The number of nitrogens with zero attached hydrogens (tertiary/aromatic N) is 2. The summed E-state index contributed by atoms with van der Waals surface area (Å²) in [6.07, 6.45) is 4.09. The number of benzene rings is 1. The van der Waals surface area contributed by atoms with Crippen molar-refractivity contribution < 1.29 is 9.59 Å². The molecule has 6 heteroatoms. The number of amides is 2. The zero-order valence-corrected chi connectivity index (χ0v) is 13.4. The van der Waals surface area contributed by atoms with Crippen molar-refractivity contribution in [3.8, 4) is 6.07 Å². The fourth-order valence-corrected chi connectivity index (χ4v) is 2.44. The lowest BCUT2D eigenvalue weighted by atomic mass is 10.1. The Bertz CT molecular complexity index is 811. The van der Waals surface area contributed by atoms with Gasteiger partial charge in [0.15, 0.2) is 0 Å². The summed E-state index contributed by atoms with van der Waals surface area (Å²) in [7, 11) is 1.72. The lowest BCUT2D eigenvalue weighted by Gasteiger charge is -2.07. The second-order valence-electron chi connectivity index (χ2n) is 6.01. The number of hydrogen-bond acceptors (Lipinski definition) is 3. The lowest BCUT2D eigenvalue weighted by molar-refractivity contribution is -0.120. The van der Waals surface area contributed by atoms with Gasteiger partial charge in [-0.05, 0) is 36.6 Å². The second-order valence-corrected chi connectivity index (χ2v) is 6.01. The van der Waals surface area contributed by atoms with Gasteiger partial charge in [0, 0.05) is 25.0 Å². The van der Waals surface area contributed by atoms with Crippen molar-refractivity contribution in [2.24, 2.45) is 7.05 Å². The quantitative estimate of drug-likeness (QED) is 0.882. The van der Waals surface area contributed by atoms with Crippen molar-refractivity contribution in [1.82, 2.24) is 9.88 Å². The predicted molar refractivity (Wildman–Crippen MR) is 89.4 cm³/mol. The second kappa shape index (κ2) is 6.59. The van der Waals surface area contributed by atoms with Crippen molar-refractivity contribution in [1.29, 1.82) is 5.26 Å². The molecule has 0 radical (unpaired) electrons. The number of rotatable bonds is 5. The van der Waals surface area contributed by atoms with Crippen molar-refractivity contribution >= 4 is 17.5 Å². The third-order valence-electron chi connectivity index (χ3n) is 3.89. The van der Waals surface area contributed by atoms with E-state index < -0.39 is 0 Å². The Morgan fingerprint density at radius 3 is 2.58 bits per heavy atom. The first-order valence-corrected chi connectivity index (χ1v) is 7.81. The summed E-state index contributed by atoms with van der Waals surface area (Å²) in [6.45, 7) is 0. The van der Waals surface area contributed by atoms with Crippen LogP contribution in [0.15, 0.2) is 36.5 Å². The van der Waals surface area contributed by atoms with Gasteiger partial charge in [-0.15, -0.1) is 0 Å². The molecule has 122 valence electrons. The van der Waals surface area contributed by atoms with Crippen LogP contribution < -0.4 is 10.6 Å². The fourth-order valence-electron chi connectivity index (χ4n) is 2.44. The average Bonchev–Trinajstić information content (AvgIpc) is 3.28. The number of aryl methyl sites for hydroxylation is 1. The van der Waals surface area contributed by atoms with E-state index in [-0.39, 0.29) is 11.8 Å². The normalized spacial score (nSPS) is 13.2. The maximum absolute atomic E-state index is 12.2. The molecule has 0 saturated heterocycles. The molecule has 1 aromatic heterocycles. The molecule has 3 rings (SSSR count). The van der Waals surface area contributed by atoms with Crippen LogP contribution in [0.5, 0.6) is 0 Å². The molecule has 2 amide bonds. The maximum Gasteiger partial charge on any atom is 0.272 e. The molecule has 0 unspecified atom stereocenters. The highest BCUT2D eigenvalue weighted by Gasteiger charge is 2.23. The van der Waals surface area contributed by atoms with Gasteiger partial charge in [-0.2, -0.15) is 5.26 Å². The van der Waals surface area contributed by atoms with Crippen molar-refractivity contribution in [3.63, 3.8) is 0 Å². The van der Waals surface area contributed by atoms with E-state index in [4.69, 9.17) is 5.26 Å². The number of hydrogen-bond donors (Lipinski definition) is 2. The molecule has 1 saturated carbocycles. The molecule has 6 nitrogen and oxygen atoms in total. The van der Waals surface area contributed by atoms with Crippen molar-refractivity contribution in [2.45, 2.75) is 25.3 Å². The van der Waals surface area contributed by atoms with E-state index in [0.29, 0.717) is 29.4 Å². The zero-order valence-electron chi connectivity index (χ0n) is 13.4. The van der Waals surface area contributed by atoms with Gasteiger partial charge < -0.3 is 15.2 Å². The van der Waals surface area contributed by atoms with Gasteiger partial charge in [-0.3, -0.25) is 9.59 Å². The predicted octanol–water partition coefficient (Wildman–Crippen LogP) is 1.97. The highest BCUT2D eigenvalue weighted by atomic mass is 16.2. The first-order valence-electron chi connectivity index (χ1n) is 7.81. The SMILES string of the molecule is Cn1cc(C#N)cc1C(=O)Nc1ccc(CC(=O)NC2CC2)cc1. The first-order chi connectivity index (χ1) is 11.5. The number of carbonyl (C=O) groups excluding carboxylic acids is 2. The van der Waals surface area contributed by atoms with Gasteiger partial charge in [-0.1, -0.05) is 12.1 Å². The van der Waals surface area contributed by atoms with Crippen LogP contribution in [0.1, 0.15) is 34.5 Å². The van der Waals surface area contributed by atoms with Gasteiger partial charge in [0.05, 0.1) is 12.0 Å². The molecule has 1 aliphatic rings. The molecule has 1 heterocycles. The van der Waals surface area contributed by atoms with E-state index in [1.807, 2.05) is 18.2 Å². The van der Waals surface area contributed by atoms with E-state index in [9.17, 15) is 9.59 Å². The Balaban J connectivity index is 1.60. The minimum Gasteiger partial charge on any atom is -0.353 e. The number of nitrogens with one attached hydrogen (secondary N) is 2. The van der Waals surface area contributed by atoms with E-state index in [1.54, 1.807) is 36.0 Å². The summed E-state index contributed by atoms with van der Waals surface area (Å²) in [4.78, 5) is 24.0. The number of carbonyl (C=O) groups is 2. The summed E-state index contributed by atoms with van der Waals surface area (Å²) in [6, 6.07) is 11.1. The minimum absolute atomic E-state index is 0.0297. The summed E-state index contributed by atoms with van der Waals surface area (Å²) in [5.41, 5.74) is 2.40. The molecule has 0 atom stereocenters. The van der Waals surface area contributed by atoms with Crippen molar-refractivity contribution in [2.75, 3.05) is 5.32 Å². The highest BCUT2D eigenvalue weighted by molar-refractivity contribution is 6.03. The van der Waals surface area contributed by atoms with Crippen molar-refractivity contribution in [3.05, 3.63) is 53.3 Å². The van der Waals surface area contributed by atoms with Crippen LogP contribution in [0.25, 0.3) is 0 Å². The molecule has 2 N–H and O–H groups in total. The summed E-state index contributed by atoms with van der Waals surface area (Å²) < 4.78 is 1.62. The van der Waals surface area contributed by atoms with Crippen LogP contribution in [-0.4, -0.2) is 22.4 Å². The molecule has 0 aliphatic heterocycles. The Morgan fingerprint density at radius 1 is 1.29 bits per heavy atom. The number of aromatic nitrogens is 1. The first kappa shape index (κ1) is 15.8. The van der Waals surface area contributed by atoms with Gasteiger partial charge in [0.25, 0.3) is 5.91 Å². The summed E-state index contributed by atoms with van der Waals surface area (Å²) in [5.74, 6) is -0.250. The lowest BCUT2D eigenvalue weighted by Crippen LogP contribution is -2.26. The molecule has 2 aromatic rings. The topological polar surface area (TPSA) is 86.9 Å². The van der Waals surface area contributed by atoms with E-state index >= 15 is 0 Å². The molecule has 0 spiro atoms. The highest BCUT2D eigenvalue weighted by Crippen LogP contribution is 2.19. The Morgan fingerprint density at radius 2 is 2.00 bits per heavy atom. The third-order valence-corrected chi connectivity index (χ3v) is 3.89. The van der Waals surface area contributed by atoms with Crippen LogP contribution in [0.4, 0.5) is 5.69 Å². The van der Waals surface area contributed by atoms with Crippen LogP contribution >= 0.6 is 0 Å². The molecule has 1 aromatic carbocycles. The summed E-state index contributed by atoms with van der Waals surface area (Å²) >= 11 is 0. The van der Waals surface area contributed by atoms with Gasteiger partial charge >= 0.3 is 0 Å². The minimum atomic E-state index is -0.279. The van der Waals surface area contributed by atoms with Crippen LogP contribution in [0, 0.1) is 11.3 Å². The molecule has 0 bridgehead atoms.